The van der Waals surface area contributed by atoms with Gasteiger partial charge < -0.3 is 19.5 Å². The minimum atomic E-state index is -0.307. The number of carbonyl (C=O) groups is 2. The molecule has 1 saturated carbocycles. The van der Waals surface area contributed by atoms with E-state index in [0.717, 1.165) is 41.0 Å². The number of carbonyl (C=O) groups excluding carboxylic acids is 2. The number of rotatable bonds is 6. The molecule has 7 nitrogen and oxygen atoms in total. The van der Waals surface area contributed by atoms with Crippen molar-refractivity contribution in [3.63, 3.8) is 0 Å². The molecule has 1 N–H and O–H groups in total. The Morgan fingerprint density at radius 1 is 0.947 bits per heavy atom. The molecule has 1 atom stereocenters. The Hall–Kier alpha value is -4.52. The van der Waals surface area contributed by atoms with Crippen LogP contribution in [0.3, 0.4) is 0 Å². The lowest BCUT2D eigenvalue weighted by atomic mass is 9.96. The van der Waals surface area contributed by atoms with Crippen molar-refractivity contribution >= 4 is 23.3 Å². The molecule has 1 fully saturated rings. The highest BCUT2D eigenvalue weighted by molar-refractivity contribution is 6.01. The molecule has 3 amide bonds. The molecule has 0 radical (unpaired) electrons. The summed E-state index contributed by atoms with van der Waals surface area (Å²) in [5, 5.41) is 2.96. The van der Waals surface area contributed by atoms with Gasteiger partial charge in [-0.25, -0.2) is 4.79 Å². The van der Waals surface area contributed by atoms with Gasteiger partial charge in [0.1, 0.15) is 18.3 Å². The Labute approximate surface area is 222 Å². The molecule has 192 valence electrons. The lowest BCUT2D eigenvalue weighted by molar-refractivity contribution is -0.119. The zero-order chi connectivity index (χ0) is 26.2. The van der Waals surface area contributed by atoms with E-state index in [1.807, 2.05) is 47.5 Å². The van der Waals surface area contributed by atoms with Crippen molar-refractivity contribution in [2.45, 2.75) is 31.8 Å². The first-order valence-corrected chi connectivity index (χ1v) is 12.9. The van der Waals surface area contributed by atoms with Crippen molar-refractivity contribution in [2.75, 3.05) is 23.9 Å². The van der Waals surface area contributed by atoms with E-state index in [0.29, 0.717) is 11.4 Å². The predicted octanol–water partition coefficient (Wildman–Crippen LogP) is 5.93. The van der Waals surface area contributed by atoms with E-state index >= 15 is 0 Å². The van der Waals surface area contributed by atoms with Gasteiger partial charge in [-0.05, 0) is 73.9 Å². The zero-order valence-corrected chi connectivity index (χ0v) is 21.5. The maximum Gasteiger partial charge on any atom is 0.322 e. The number of methoxy groups -OCH3 is 1. The fourth-order valence-electron chi connectivity index (χ4n) is 5.26. The molecular weight excluding hydrogens is 476 g/mol. The Bertz CT molecular complexity index is 1490. The Balaban J connectivity index is 1.34. The third kappa shape index (κ3) is 4.41. The number of aryl methyl sites for hydroxylation is 1. The summed E-state index contributed by atoms with van der Waals surface area (Å²) < 4.78 is 7.37. The van der Waals surface area contributed by atoms with Crippen LogP contribution in [0.5, 0.6) is 5.75 Å². The van der Waals surface area contributed by atoms with E-state index in [4.69, 9.17) is 4.74 Å². The maximum atomic E-state index is 14.2. The van der Waals surface area contributed by atoms with Gasteiger partial charge in [0.05, 0.1) is 24.2 Å². The fraction of sp³-hybridized carbons (Fsp3) is 0.226. The molecule has 0 spiro atoms. The van der Waals surface area contributed by atoms with E-state index in [-0.39, 0.29) is 30.6 Å². The fourth-order valence-corrected chi connectivity index (χ4v) is 5.26. The Morgan fingerprint density at radius 2 is 1.71 bits per heavy atom. The number of hydrogen-bond donors (Lipinski definition) is 1. The second-order valence-electron chi connectivity index (χ2n) is 9.89. The molecule has 1 aliphatic heterocycles. The van der Waals surface area contributed by atoms with Gasteiger partial charge in [-0.1, -0.05) is 42.0 Å². The van der Waals surface area contributed by atoms with Crippen LogP contribution in [0.2, 0.25) is 0 Å². The van der Waals surface area contributed by atoms with Crippen molar-refractivity contribution in [3.8, 4) is 11.4 Å². The van der Waals surface area contributed by atoms with Gasteiger partial charge in [0, 0.05) is 17.9 Å². The molecule has 4 aromatic rings. The number of urea groups is 1. The average molecular weight is 507 g/mol. The molecule has 3 aromatic carbocycles. The van der Waals surface area contributed by atoms with Gasteiger partial charge in [0.2, 0.25) is 5.91 Å². The highest BCUT2D eigenvalue weighted by Crippen LogP contribution is 2.42. The van der Waals surface area contributed by atoms with Crippen LogP contribution in [-0.2, 0) is 4.79 Å². The van der Waals surface area contributed by atoms with Crippen molar-refractivity contribution in [3.05, 3.63) is 108 Å². The van der Waals surface area contributed by atoms with Gasteiger partial charge >= 0.3 is 6.03 Å². The van der Waals surface area contributed by atoms with Crippen LogP contribution in [0, 0.1) is 6.92 Å². The molecule has 1 aliphatic carbocycles. The van der Waals surface area contributed by atoms with E-state index in [1.165, 1.54) is 0 Å². The number of nitrogens with zero attached hydrogens (tertiary/aromatic N) is 3. The van der Waals surface area contributed by atoms with E-state index in [9.17, 15) is 9.59 Å². The van der Waals surface area contributed by atoms with Crippen LogP contribution in [0.1, 0.15) is 35.7 Å². The molecule has 2 aliphatic rings. The predicted molar refractivity (Wildman–Crippen MR) is 148 cm³/mol. The number of para-hydroxylation sites is 2. The van der Waals surface area contributed by atoms with Crippen LogP contribution in [0.4, 0.5) is 16.2 Å². The molecule has 38 heavy (non-hydrogen) atoms. The number of ether oxygens (including phenoxy) is 1. The zero-order valence-electron chi connectivity index (χ0n) is 21.5. The summed E-state index contributed by atoms with van der Waals surface area (Å²) in [7, 11) is 1.60. The first-order valence-electron chi connectivity index (χ1n) is 12.9. The van der Waals surface area contributed by atoms with Crippen LogP contribution >= 0.6 is 0 Å². The smallest absolute Gasteiger partial charge is 0.322 e. The molecule has 1 unspecified atom stereocenters. The van der Waals surface area contributed by atoms with Crippen molar-refractivity contribution in [1.29, 1.82) is 0 Å². The van der Waals surface area contributed by atoms with Crippen LogP contribution in [0.15, 0.2) is 91.1 Å². The lowest BCUT2D eigenvalue weighted by Gasteiger charge is -2.39. The largest absolute Gasteiger partial charge is 0.497 e. The highest BCUT2D eigenvalue weighted by atomic mass is 16.5. The number of aromatic nitrogens is 1. The normalized spacial score (nSPS) is 15.8. The summed E-state index contributed by atoms with van der Waals surface area (Å²) in [5.74, 6) is 0.598. The molecule has 0 saturated heterocycles. The summed E-state index contributed by atoms with van der Waals surface area (Å²) in [6.45, 7) is 2.05. The summed E-state index contributed by atoms with van der Waals surface area (Å²) in [5.41, 5.74) is 5.62. The summed E-state index contributed by atoms with van der Waals surface area (Å²) >= 11 is 0. The van der Waals surface area contributed by atoms with Gasteiger partial charge in [-0.15, -0.1) is 0 Å². The number of fused-ring (bicyclic) bond motifs is 3. The Kier molecular flexibility index (Phi) is 6.12. The van der Waals surface area contributed by atoms with Crippen LogP contribution < -0.4 is 15.0 Å². The van der Waals surface area contributed by atoms with Crippen LogP contribution in [-0.4, -0.2) is 41.1 Å². The minimum Gasteiger partial charge on any atom is -0.497 e. The van der Waals surface area contributed by atoms with E-state index in [2.05, 4.69) is 41.1 Å². The number of benzene rings is 3. The topological polar surface area (TPSA) is 66.8 Å². The van der Waals surface area contributed by atoms with E-state index in [1.54, 1.807) is 36.3 Å². The molecule has 0 bridgehead atoms. The quantitative estimate of drug-likeness (QED) is 0.353. The Morgan fingerprint density at radius 3 is 2.42 bits per heavy atom. The molecule has 6 rings (SSSR count). The number of amides is 3. The number of anilines is 2. The molecule has 1 aromatic heterocycles. The van der Waals surface area contributed by atoms with Crippen LogP contribution in [0.25, 0.3) is 5.69 Å². The lowest BCUT2D eigenvalue weighted by Crippen LogP contribution is -2.48. The van der Waals surface area contributed by atoms with Crippen molar-refractivity contribution < 1.29 is 14.3 Å². The monoisotopic (exact) mass is 506 g/mol. The van der Waals surface area contributed by atoms with Gasteiger partial charge in [0.15, 0.2) is 0 Å². The second-order valence-corrected chi connectivity index (χ2v) is 9.89. The summed E-state index contributed by atoms with van der Waals surface area (Å²) in [6.07, 6.45) is 3.83. The molecule has 2 heterocycles. The summed E-state index contributed by atoms with van der Waals surface area (Å²) in [4.78, 5) is 31.1. The van der Waals surface area contributed by atoms with Crippen molar-refractivity contribution in [2.24, 2.45) is 0 Å². The minimum absolute atomic E-state index is 0.00991. The first kappa shape index (κ1) is 23.9. The molecule has 7 heteroatoms. The SMILES string of the molecule is COc1ccc(NC(=O)N(CC(=O)N2c3ccccc3-n3cccc3C2c2cccc(C)c2)C2CC2)cc1. The third-order valence-electron chi connectivity index (χ3n) is 7.24. The van der Waals surface area contributed by atoms with Gasteiger partial charge in [0.25, 0.3) is 0 Å². The standard InChI is InChI=1S/C31H30N4O3/c1-21-7-5-8-22(19-21)30-28-11-6-18-33(28)26-9-3-4-10-27(26)35(30)29(36)20-34(24-14-15-24)31(37)32-23-12-16-25(38-2)17-13-23/h3-13,16-19,24,30H,14-15,20H2,1-2H3,(H,32,37). The first-order chi connectivity index (χ1) is 18.5. The van der Waals surface area contributed by atoms with Gasteiger partial charge in [-0.2, -0.15) is 0 Å². The summed E-state index contributed by atoms with van der Waals surface area (Å²) in [6, 6.07) is 27.0. The van der Waals surface area contributed by atoms with E-state index < -0.39 is 0 Å². The van der Waals surface area contributed by atoms with Gasteiger partial charge in [-0.3, -0.25) is 9.69 Å². The van der Waals surface area contributed by atoms with Crippen molar-refractivity contribution in [1.82, 2.24) is 9.47 Å². The highest BCUT2D eigenvalue weighted by Gasteiger charge is 2.40. The molecular formula is C31H30N4O3. The average Bonchev–Trinajstić information content (AvgIpc) is 3.66. The number of hydrogen-bond acceptors (Lipinski definition) is 3. The number of nitrogens with one attached hydrogen (secondary N) is 1. The third-order valence-corrected chi connectivity index (χ3v) is 7.24. The second kappa shape index (κ2) is 9.74. The maximum absolute atomic E-state index is 14.2.